The van der Waals surface area contributed by atoms with Crippen LogP contribution < -0.4 is 0 Å². The molecule has 394 valence electrons. The van der Waals surface area contributed by atoms with E-state index in [1.807, 2.05) is 6.08 Å². The van der Waals surface area contributed by atoms with Crippen molar-refractivity contribution in [3.05, 3.63) is 60.8 Å². The quantitative estimate of drug-likeness (QED) is 0.0197. The van der Waals surface area contributed by atoms with Crippen molar-refractivity contribution in [3.8, 4) is 0 Å². The summed E-state index contributed by atoms with van der Waals surface area (Å²) in [6.07, 6.45) is 53.3. The van der Waals surface area contributed by atoms with E-state index in [1.165, 1.54) is 103 Å². The number of phosphoric acid groups is 1. The van der Waals surface area contributed by atoms with Crippen molar-refractivity contribution >= 4 is 25.7 Å². The van der Waals surface area contributed by atoms with Crippen LogP contribution in [0.4, 0.5) is 0 Å². The Hall–Kier alpha value is -2.82. The molecule has 68 heavy (non-hydrogen) atoms. The molecule has 0 heterocycles. The van der Waals surface area contributed by atoms with E-state index in [2.05, 4.69) is 75.5 Å². The van der Waals surface area contributed by atoms with Crippen molar-refractivity contribution in [3.63, 3.8) is 0 Å². The van der Waals surface area contributed by atoms with Crippen molar-refractivity contribution in [2.24, 2.45) is 0 Å². The van der Waals surface area contributed by atoms with Crippen LogP contribution in [-0.4, -0.2) is 66.5 Å². The first-order valence-corrected chi connectivity index (χ1v) is 28.7. The van der Waals surface area contributed by atoms with Gasteiger partial charge in [0.25, 0.3) is 0 Å². The molecule has 0 aromatic heterocycles. The number of carbonyl (C=O) groups is 3. The van der Waals surface area contributed by atoms with E-state index in [0.717, 1.165) is 70.6 Å². The summed E-state index contributed by atoms with van der Waals surface area (Å²) in [5.41, 5.74) is 0. The van der Waals surface area contributed by atoms with E-state index in [1.54, 1.807) is 0 Å². The Kier molecular flexibility index (Phi) is 48.5. The van der Waals surface area contributed by atoms with Gasteiger partial charge in [0.2, 0.25) is 0 Å². The molecule has 0 aliphatic carbocycles. The molecule has 12 heteroatoms. The number of phosphoric ester groups is 1. The molecule has 2 N–H and O–H groups in total. The second-order valence-electron chi connectivity index (χ2n) is 18.0. The number of aliphatic hydroxyl groups is 1. The monoisotopic (exact) mass is 979 g/mol. The minimum atomic E-state index is -4.75. The fraction of sp³-hybridized carbons (Fsp3) is 0.768. The molecule has 3 unspecified atom stereocenters. The third-order valence-electron chi connectivity index (χ3n) is 11.5. The van der Waals surface area contributed by atoms with Gasteiger partial charge in [-0.1, -0.05) is 223 Å². The first-order valence-electron chi connectivity index (χ1n) is 27.2. The summed E-state index contributed by atoms with van der Waals surface area (Å²) >= 11 is 0. The smallest absolute Gasteiger partial charge is 0.462 e. The molecule has 0 amide bonds. The lowest BCUT2D eigenvalue weighted by molar-refractivity contribution is -0.161. The van der Waals surface area contributed by atoms with Crippen molar-refractivity contribution < 1.29 is 52.2 Å². The standard InChI is InChI=1S/C56H99O11P/c1-4-7-10-13-16-19-22-24-25-26-27-29-31-33-36-39-42-45-54(58)63-49-53(67-56(60)47-44-41-38-35-32-28-23-20-17-14-11-8-5-2)51-65-68(61,62)64-50-52(48-57)66-55(59)46-43-40-37-34-30-21-18-15-12-9-6-3/h7,10,16,19,24-25,27,29,33,36,52-53,57H,4-6,8-9,11-15,17-18,20-23,26,28,30-32,34-35,37-51H2,1-3H3,(H,61,62)/b10-7-,19-16-,25-24-,29-27-,36-33-. The first kappa shape index (κ1) is 65.2. The second-order valence-corrected chi connectivity index (χ2v) is 19.5. The summed E-state index contributed by atoms with van der Waals surface area (Å²) in [6.45, 7) is 4.46. The normalized spacial score (nSPS) is 13.9. The van der Waals surface area contributed by atoms with Gasteiger partial charge in [0.1, 0.15) is 12.7 Å². The van der Waals surface area contributed by atoms with Crippen molar-refractivity contribution in [1.82, 2.24) is 0 Å². The zero-order valence-corrected chi connectivity index (χ0v) is 44.2. The molecule has 0 spiro atoms. The maximum atomic E-state index is 12.8. The predicted octanol–water partition coefficient (Wildman–Crippen LogP) is 15.6. The molecular formula is C56H99O11P. The van der Waals surface area contributed by atoms with Crippen LogP contribution in [0.2, 0.25) is 0 Å². The number of hydrogen-bond donors (Lipinski definition) is 2. The number of allylic oxidation sites excluding steroid dienone is 10. The maximum Gasteiger partial charge on any atom is 0.472 e. The number of aliphatic hydroxyl groups excluding tert-OH is 1. The number of esters is 3. The molecule has 0 aromatic rings. The lowest BCUT2D eigenvalue weighted by atomic mass is 10.0. The molecule has 0 aromatic carbocycles. The van der Waals surface area contributed by atoms with Crippen molar-refractivity contribution in [1.29, 1.82) is 0 Å². The van der Waals surface area contributed by atoms with Crippen LogP contribution in [0.3, 0.4) is 0 Å². The van der Waals surface area contributed by atoms with E-state index in [-0.39, 0.29) is 25.9 Å². The van der Waals surface area contributed by atoms with Gasteiger partial charge >= 0.3 is 25.7 Å². The number of rotatable bonds is 50. The van der Waals surface area contributed by atoms with Gasteiger partial charge in [-0.15, -0.1) is 0 Å². The van der Waals surface area contributed by atoms with Crippen LogP contribution in [-0.2, 0) is 42.2 Å². The lowest BCUT2D eigenvalue weighted by Gasteiger charge is -2.21. The zero-order valence-electron chi connectivity index (χ0n) is 43.3. The Morgan fingerprint density at radius 2 is 0.765 bits per heavy atom. The summed E-state index contributed by atoms with van der Waals surface area (Å²) in [6, 6.07) is 0. The fourth-order valence-electron chi connectivity index (χ4n) is 7.33. The van der Waals surface area contributed by atoms with E-state index in [4.69, 9.17) is 23.3 Å². The Labute approximate surface area is 415 Å². The highest BCUT2D eigenvalue weighted by atomic mass is 31.2. The van der Waals surface area contributed by atoms with Gasteiger partial charge in [0.15, 0.2) is 6.10 Å². The molecule has 0 rings (SSSR count). The van der Waals surface area contributed by atoms with E-state index in [9.17, 15) is 28.9 Å². The van der Waals surface area contributed by atoms with Gasteiger partial charge in [-0.2, -0.15) is 0 Å². The Bertz CT molecular complexity index is 1370. The van der Waals surface area contributed by atoms with Gasteiger partial charge in [-0.05, 0) is 57.8 Å². The second kappa shape index (κ2) is 50.6. The molecule has 0 aliphatic rings. The van der Waals surface area contributed by atoms with Crippen LogP contribution >= 0.6 is 7.82 Å². The Morgan fingerprint density at radius 1 is 0.426 bits per heavy atom. The number of hydrogen-bond acceptors (Lipinski definition) is 10. The van der Waals surface area contributed by atoms with Crippen LogP contribution in [0.5, 0.6) is 0 Å². The number of unbranched alkanes of at least 4 members (excludes halogenated alkanes) is 23. The minimum Gasteiger partial charge on any atom is -0.462 e. The van der Waals surface area contributed by atoms with Gasteiger partial charge in [0.05, 0.1) is 19.8 Å². The van der Waals surface area contributed by atoms with Crippen LogP contribution in [0, 0.1) is 0 Å². The number of carbonyl (C=O) groups excluding carboxylic acids is 3. The van der Waals surface area contributed by atoms with E-state index < -0.39 is 57.8 Å². The van der Waals surface area contributed by atoms with E-state index >= 15 is 0 Å². The van der Waals surface area contributed by atoms with Gasteiger partial charge in [-0.3, -0.25) is 23.4 Å². The van der Waals surface area contributed by atoms with Crippen LogP contribution in [0.1, 0.15) is 239 Å². The number of ether oxygens (including phenoxy) is 3. The van der Waals surface area contributed by atoms with Gasteiger partial charge < -0.3 is 24.2 Å². The highest BCUT2D eigenvalue weighted by molar-refractivity contribution is 7.47. The maximum absolute atomic E-state index is 12.8. The first-order chi connectivity index (χ1) is 33.2. The average Bonchev–Trinajstić information content (AvgIpc) is 3.32. The summed E-state index contributed by atoms with van der Waals surface area (Å²) in [5, 5.41) is 9.77. The highest BCUT2D eigenvalue weighted by Gasteiger charge is 2.28. The third kappa shape index (κ3) is 48.2. The summed E-state index contributed by atoms with van der Waals surface area (Å²) < 4.78 is 39.3. The van der Waals surface area contributed by atoms with Gasteiger partial charge in [-0.25, -0.2) is 4.57 Å². The Balaban J connectivity index is 4.80. The summed E-state index contributed by atoms with van der Waals surface area (Å²) in [4.78, 5) is 48.3. The fourth-order valence-corrected chi connectivity index (χ4v) is 8.12. The largest absolute Gasteiger partial charge is 0.472 e. The molecule has 3 atom stereocenters. The predicted molar refractivity (Wildman–Crippen MR) is 279 cm³/mol. The van der Waals surface area contributed by atoms with Crippen molar-refractivity contribution in [2.75, 3.05) is 26.4 Å². The molecule has 0 radical (unpaired) electrons. The van der Waals surface area contributed by atoms with Crippen LogP contribution in [0.25, 0.3) is 0 Å². The zero-order chi connectivity index (χ0) is 49.9. The van der Waals surface area contributed by atoms with Crippen molar-refractivity contribution in [2.45, 2.75) is 251 Å². The average molecular weight is 979 g/mol. The topological polar surface area (TPSA) is 155 Å². The lowest BCUT2D eigenvalue weighted by Crippen LogP contribution is -2.30. The minimum absolute atomic E-state index is 0.150. The Morgan fingerprint density at radius 3 is 1.16 bits per heavy atom. The molecule has 0 aliphatic heterocycles. The van der Waals surface area contributed by atoms with Crippen LogP contribution in [0.15, 0.2) is 60.8 Å². The SMILES string of the molecule is CC/C=C\C/C=C\C/C=C\C/C=C\C/C=C\CCCC(=O)OCC(COP(=O)(O)OCC(CO)OC(=O)CCCCCCCCCCCCC)OC(=O)CCCCCCCCCCCCCCC. The molecule has 0 saturated carbocycles. The highest BCUT2D eigenvalue weighted by Crippen LogP contribution is 2.43. The molecule has 0 saturated heterocycles. The van der Waals surface area contributed by atoms with Gasteiger partial charge in [0, 0.05) is 19.3 Å². The molecular weight excluding hydrogens is 880 g/mol. The molecule has 0 bridgehead atoms. The summed E-state index contributed by atoms with van der Waals surface area (Å²) in [5.74, 6) is -1.53. The molecule has 0 fully saturated rings. The summed E-state index contributed by atoms with van der Waals surface area (Å²) in [7, 11) is -4.75. The van der Waals surface area contributed by atoms with E-state index in [0.29, 0.717) is 25.7 Å². The molecule has 11 nitrogen and oxygen atoms in total. The third-order valence-corrected chi connectivity index (χ3v) is 12.4.